The lowest BCUT2D eigenvalue weighted by molar-refractivity contribution is 0.0289. The number of fused-ring (bicyclic) bond motifs is 1. The molecule has 2 saturated heterocycles. The first kappa shape index (κ1) is 17.8. The van der Waals surface area contributed by atoms with Crippen LogP contribution in [-0.4, -0.2) is 61.5 Å². The highest BCUT2D eigenvalue weighted by Crippen LogP contribution is 2.27. The molecule has 0 atom stereocenters. The van der Waals surface area contributed by atoms with Crippen LogP contribution in [0, 0.1) is 5.92 Å². The number of hydrogen-bond donors (Lipinski definition) is 0. The largest absolute Gasteiger partial charge is 0.379 e. The minimum atomic E-state index is 0.788. The standard InChI is InChI=1S/C23H28N4O/c1-2-4-21-20(3-1)16-25-23(21)19-5-8-24-22(15-19)27-9-6-18(7-10-27)17-26-11-13-28-14-12-26/h1-5,8,15,18H,6-7,9-14,16-17H2. The molecule has 146 valence electrons. The van der Waals surface area contributed by atoms with Crippen LogP contribution >= 0.6 is 0 Å². The van der Waals surface area contributed by atoms with Crippen LogP contribution in [0.25, 0.3) is 0 Å². The molecular weight excluding hydrogens is 348 g/mol. The van der Waals surface area contributed by atoms with Crippen molar-refractivity contribution >= 4 is 11.5 Å². The van der Waals surface area contributed by atoms with Crippen molar-refractivity contribution in [1.29, 1.82) is 0 Å². The van der Waals surface area contributed by atoms with E-state index < -0.39 is 0 Å². The Morgan fingerprint density at radius 2 is 1.82 bits per heavy atom. The van der Waals surface area contributed by atoms with Crippen LogP contribution in [0.4, 0.5) is 5.82 Å². The first-order valence-electron chi connectivity index (χ1n) is 10.5. The van der Waals surface area contributed by atoms with E-state index >= 15 is 0 Å². The summed E-state index contributed by atoms with van der Waals surface area (Å²) in [6.07, 6.45) is 4.42. The number of hydrogen-bond acceptors (Lipinski definition) is 5. The molecule has 5 heteroatoms. The quantitative estimate of drug-likeness (QED) is 0.823. The van der Waals surface area contributed by atoms with E-state index in [1.54, 1.807) is 0 Å². The summed E-state index contributed by atoms with van der Waals surface area (Å²) < 4.78 is 5.47. The molecule has 28 heavy (non-hydrogen) atoms. The Morgan fingerprint density at radius 3 is 2.68 bits per heavy atom. The normalized spacial score (nSPS) is 20.9. The molecule has 0 amide bonds. The van der Waals surface area contributed by atoms with Gasteiger partial charge in [-0.1, -0.05) is 24.3 Å². The molecule has 0 N–H and O–H groups in total. The molecule has 0 unspecified atom stereocenters. The zero-order valence-corrected chi connectivity index (χ0v) is 16.4. The van der Waals surface area contributed by atoms with Crippen LogP contribution in [0.5, 0.6) is 0 Å². The SMILES string of the molecule is c1ccc2c(c1)CN=C2c1ccnc(N2CCC(CN3CCOCC3)CC2)c1. The van der Waals surface area contributed by atoms with Crippen molar-refractivity contribution in [2.75, 3.05) is 50.8 Å². The number of anilines is 1. The van der Waals surface area contributed by atoms with Gasteiger partial charge in [-0.05, 0) is 36.5 Å². The van der Waals surface area contributed by atoms with E-state index in [-0.39, 0.29) is 0 Å². The van der Waals surface area contributed by atoms with Crippen molar-refractivity contribution < 1.29 is 4.74 Å². The Hall–Kier alpha value is -2.24. The Balaban J connectivity index is 1.24. The van der Waals surface area contributed by atoms with Gasteiger partial charge in [-0.2, -0.15) is 0 Å². The van der Waals surface area contributed by atoms with Gasteiger partial charge in [0.2, 0.25) is 0 Å². The third kappa shape index (κ3) is 3.69. The fourth-order valence-corrected chi connectivity index (χ4v) is 4.62. The maximum Gasteiger partial charge on any atom is 0.129 e. The second kappa shape index (κ2) is 8.02. The number of morpholine rings is 1. The number of nitrogens with zero attached hydrogens (tertiary/aromatic N) is 4. The molecule has 2 aromatic rings. The fraction of sp³-hybridized carbons (Fsp3) is 0.478. The van der Waals surface area contributed by atoms with E-state index in [0.29, 0.717) is 0 Å². The summed E-state index contributed by atoms with van der Waals surface area (Å²) in [4.78, 5) is 14.5. The van der Waals surface area contributed by atoms with Gasteiger partial charge in [0.05, 0.1) is 25.5 Å². The van der Waals surface area contributed by atoms with E-state index in [1.807, 2.05) is 6.20 Å². The van der Waals surface area contributed by atoms with Gasteiger partial charge in [-0.3, -0.25) is 9.89 Å². The Kier molecular flexibility index (Phi) is 5.10. The summed E-state index contributed by atoms with van der Waals surface area (Å²) in [7, 11) is 0. The molecule has 5 rings (SSSR count). The lowest BCUT2D eigenvalue weighted by Crippen LogP contribution is -2.43. The molecule has 3 aliphatic rings. The molecule has 0 spiro atoms. The number of pyridine rings is 1. The van der Waals surface area contributed by atoms with Gasteiger partial charge in [0.1, 0.15) is 5.82 Å². The van der Waals surface area contributed by atoms with Crippen LogP contribution in [-0.2, 0) is 11.3 Å². The highest BCUT2D eigenvalue weighted by Gasteiger charge is 2.24. The van der Waals surface area contributed by atoms with E-state index in [4.69, 9.17) is 9.73 Å². The zero-order chi connectivity index (χ0) is 18.8. The zero-order valence-electron chi connectivity index (χ0n) is 16.4. The second-order valence-corrected chi connectivity index (χ2v) is 8.07. The molecule has 5 nitrogen and oxygen atoms in total. The van der Waals surface area contributed by atoms with Crippen molar-refractivity contribution in [3.8, 4) is 0 Å². The molecule has 3 aliphatic heterocycles. The van der Waals surface area contributed by atoms with E-state index in [9.17, 15) is 0 Å². The number of aromatic nitrogens is 1. The Morgan fingerprint density at radius 1 is 1.00 bits per heavy atom. The van der Waals surface area contributed by atoms with Gasteiger partial charge in [-0.25, -0.2) is 4.98 Å². The molecule has 1 aromatic carbocycles. The lowest BCUT2D eigenvalue weighted by atomic mass is 9.95. The number of benzene rings is 1. The molecule has 0 radical (unpaired) electrons. The number of aliphatic imine (C=N–C) groups is 1. The highest BCUT2D eigenvalue weighted by atomic mass is 16.5. The number of rotatable bonds is 4. The smallest absolute Gasteiger partial charge is 0.129 e. The van der Waals surface area contributed by atoms with Gasteiger partial charge in [-0.15, -0.1) is 0 Å². The van der Waals surface area contributed by atoms with Gasteiger partial charge in [0, 0.05) is 50.0 Å². The minimum Gasteiger partial charge on any atom is -0.379 e. The summed E-state index contributed by atoms with van der Waals surface area (Å²) in [6.45, 7) is 8.16. The summed E-state index contributed by atoms with van der Waals surface area (Å²) in [5.41, 5.74) is 4.88. The Bertz CT molecular complexity index is 851. The summed E-state index contributed by atoms with van der Waals surface area (Å²) in [5, 5.41) is 0. The maximum absolute atomic E-state index is 5.47. The predicted molar refractivity (Wildman–Crippen MR) is 112 cm³/mol. The Labute approximate surface area is 167 Å². The first-order chi connectivity index (χ1) is 13.9. The van der Waals surface area contributed by atoms with Gasteiger partial charge < -0.3 is 9.64 Å². The molecule has 2 fully saturated rings. The van der Waals surface area contributed by atoms with Crippen LogP contribution in [0.1, 0.15) is 29.5 Å². The first-order valence-corrected chi connectivity index (χ1v) is 10.5. The average Bonchev–Trinajstić information content (AvgIpc) is 3.19. The van der Waals surface area contributed by atoms with Gasteiger partial charge in [0.25, 0.3) is 0 Å². The molecule has 0 saturated carbocycles. The summed E-state index contributed by atoms with van der Waals surface area (Å²) in [5.74, 6) is 1.89. The lowest BCUT2D eigenvalue weighted by Gasteiger charge is -2.36. The summed E-state index contributed by atoms with van der Waals surface area (Å²) in [6, 6.07) is 12.9. The maximum atomic E-state index is 5.47. The van der Waals surface area contributed by atoms with Crippen LogP contribution in [0.15, 0.2) is 47.6 Å². The molecule has 1 aromatic heterocycles. The highest BCUT2D eigenvalue weighted by molar-refractivity contribution is 6.15. The second-order valence-electron chi connectivity index (χ2n) is 8.07. The fourth-order valence-electron chi connectivity index (χ4n) is 4.62. The van der Waals surface area contributed by atoms with E-state index in [2.05, 4.69) is 51.2 Å². The topological polar surface area (TPSA) is 41.0 Å². The predicted octanol–water partition coefficient (Wildman–Crippen LogP) is 2.98. The van der Waals surface area contributed by atoms with Crippen molar-refractivity contribution in [1.82, 2.24) is 9.88 Å². The molecule has 4 heterocycles. The van der Waals surface area contributed by atoms with Crippen LogP contribution in [0.2, 0.25) is 0 Å². The summed E-state index contributed by atoms with van der Waals surface area (Å²) >= 11 is 0. The third-order valence-corrected chi connectivity index (χ3v) is 6.26. The van der Waals surface area contributed by atoms with Gasteiger partial charge >= 0.3 is 0 Å². The number of ether oxygens (including phenoxy) is 1. The molecular formula is C23H28N4O. The minimum absolute atomic E-state index is 0.788. The van der Waals surface area contributed by atoms with Crippen molar-refractivity contribution in [2.45, 2.75) is 19.4 Å². The van der Waals surface area contributed by atoms with E-state index in [1.165, 1.54) is 36.1 Å². The third-order valence-electron chi connectivity index (χ3n) is 6.26. The van der Waals surface area contributed by atoms with Crippen molar-refractivity contribution in [2.24, 2.45) is 10.9 Å². The monoisotopic (exact) mass is 376 g/mol. The molecule has 0 aliphatic carbocycles. The van der Waals surface area contributed by atoms with Crippen LogP contribution < -0.4 is 4.90 Å². The molecule has 0 bridgehead atoms. The van der Waals surface area contributed by atoms with Crippen molar-refractivity contribution in [3.05, 3.63) is 59.3 Å². The van der Waals surface area contributed by atoms with Gasteiger partial charge in [0.15, 0.2) is 0 Å². The number of piperidine rings is 1. The van der Waals surface area contributed by atoms with E-state index in [0.717, 1.165) is 63.4 Å². The van der Waals surface area contributed by atoms with Crippen molar-refractivity contribution in [3.63, 3.8) is 0 Å². The van der Waals surface area contributed by atoms with Crippen LogP contribution in [0.3, 0.4) is 0 Å². The average molecular weight is 377 g/mol.